The Bertz CT molecular complexity index is 556. The van der Waals surface area contributed by atoms with E-state index in [0.717, 1.165) is 0 Å². The summed E-state index contributed by atoms with van der Waals surface area (Å²) >= 11 is 0. The molecular weight excluding hydrogens is 328 g/mol. The van der Waals surface area contributed by atoms with E-state index in [9.17, 15) is 9.59 Å². The van der Waals surface area contributed by atoms with Gasteiger partial charge in [0.1, 0.15) is 12.6 Å². The number of rotatable bonds is 5. The molecule has 2 bridgehead atoms. The quantitative estimate of drug-likeness (QED) is 0.547. The third-order valence-electron chi connectivity index (χ3n) is 6.18. The first-order chi connectivity index (χ1) is 11.7. The van der Waals surface area contributed by atoms with E-state index in [1.165, 1.54) is 14.2 Å². The molecule has 0 aromatic rings. The highest BCUT2D eigenvalue weighted by molar-refractivity contribution is 5.91. The molecular formula is C18H28O7. The first-order valence-electron chi connectivity index (χ1n) is 8.75. The Balaban J connectivity index is 2.02. The molecule has 7 heteroatoms. The minimum absolute atomic E-state index is 0.0255. The van der Waals surface area contributed by atoms with Gasteiger partial charge in [0.25, 0.3) is 0 Å². The van der Waals surface area contributed by atoms with E-state index in [2.05, 4.69) is 0 Å². The molecule has 3 aliphatic carbocycles. The second-order valence-corrected chi connectivity index (χ2v) is 8.03. The summed E-state index contributed by atoms with van der Waals surface area (Å²) in [5.41, 5.74) is -1.55. The molecule has 0 aromatic heterocycles. The van der Waals surface area contributed by atoms with Gasteiger partial charge in [-0.05, 0) is 26.7 Å². The number of esters is 1. The Kier molecular flexibility index (Phi) is 4.73. The maximum absolute atomic E-state index is 13.0. The van der Waals surface area contributed by atoms with Crippen molar-refractivity contribution in [3.63, 3.8) is 0 Å². The van der Waals surface area contributed by atoms with Crippen LogP contribution < -0.4 is 0 Å². The van der Waals surface area contributed by atoms with Crippen molar-refractivity contribution in [3.05, 3.63) is 0 Å². The molecule has 4 aliphatic rings. The van der Waals surface area contributed by atoms with Gasteiger partial charge >= 0.3 is 5.97 Å². The van der Waals surface area contributed by atoms with Gasteiger partial charge in [-0.25, -0.2) is 0 Å². The predicted octanol–water partition coefficient (Wildman–Crippen LogP) is 1.68. The lowest BCUT2D eigenvalue weighted by atomic mass is 9.47. The predicted molar refractivity (Wildman–Crippen MR) is 86.6 cm³/mol. The molecule has 0 unspecified atom stereocenters. The van der Waals surface area contributed by atoms with E-state index < -0.39 is 22.7 Å². The highest BCUT2D eigenvalue weighted by atomic mass is 16.7. The van der Waals surface area contributed by atoms with Gasteiger partial charge < -0.3 is 23.7 Å². The van der Waals surface area contributed by atoms with Crippen molar-refractivity contribution in [3.8, 4) is 0 Å². The zero-order valence-electron chi connectivity index (χ0n) is 15.6. The zero-order valence-corrected chi connectivity index (χ0v) is 15.6. The van der Waals surface area contributed by atoms with Gasteiger partial charge in [0.15, 0.2) is 5.79 Å². The fourth-order valence-electron chi connectivity index (χ4n) is 4.88. The highest BCUT2D eigenvalue weighted by Crippen LogP contribution is 2.60. The second kappa shape index (κ2) is 6.30. The van der Waals surface area contributed by atoms with Crippen LogP contribution in [0.25, 0.3) is 0 Å². The molecule has 1 aliphatic heterocycles. The molecule has 4 fully saturated rings. The standard InChI is InChI=1S/C18H28O7/c1-16(2)23-9-11(25-16)13-14(15(20)22-5)18(24-10-21-4)7-6-17(13,3)12(19)8-18/h11,13-14H,6-10H2,1-5H3/t11-,13+,14+,17+,18+/m1/s1. The van der Waals surface area contributed by atoms with Crippen LogP contribution in [0.15, 0.2) is 0 Å². The summed E-state index contributed by atoms with van der Waals surface area (Å²) < 4.78 is 27.9. The van der Waals surface area contributed by atoms with Crippen molar-refractivity contribution in [2.24, 2.45) is 17.3 Å². The first-order valence-corrected chi connectivity index (χ1v) is 8.75. The van der Waals surface area contributed by atoms with Gasteiger partial charge in [0, 0.05) is 24.9 Å². The van der Waals surface area contributed by atoms with Crippen molar-refractivity contribution in [2.75, 3.05) is 27.6 Å². The average molecular weight is 356 g/mol. The third kappa shape index (κ3) is 2.91. The van der Waals surface area contributed by atoms with Crippen molar-refractivity contribution >= 4 is 11.8 Å². The van der Waals surface area contributed by atoms with Crippen LogP contribution in [0.3, 0.4) is 0 Å². The fourth-order valence-corrected chi connectivity index (χ4v) is 4.88. The Morgan fingerprint density at radius 1 is 1.24 bits per heavy atom. The van der Waals surface area contributed by atoms with Crippen LogP contribution in [0, 0.1) is 17.3 Å². The molecule has 0 amide bonds. The van der Waals surface area contributed by atoms with Gasteiger partial charge in [-0.3, -0.25) is 9.59 Å². The van der Waals surface area contributed by atoms with E-state index in [4.69, 9.17) is 23.7 Å². The third-order valence-corrected chi connectivity index (χ3v) is 6.18. The number of methoxy groups -OCH3 is 2. The number of ether oxygens (including phenoxy) is 5. The van der Waals surface area contributed by atoms with Gasteiger partial charge in [-0.2, -0.15) is 0 Å². The van der Waals surface area contributed by atoms with Crippen LogP contribution in [0.2, 0.25) is 0 Å². The normalized spacial score (nSPS) is 42.6. The molecule has 0 radical (unpaired) electrons. The number of hydrogen-bond donors (Lipinski definition) is 0. The van der Waals surface area contributed by atoms with E-state index in [0.29, 0.717) is 19.4 Å². The van der Waals surface area contributed by atoms with E-state index >= 15 is 0 Å². The van der Waals surface area contributed by atoms with Gasteiger partial charge in [-0.1, -0.05) is 6.92 Å². The average Bonchev–Trinajstić information content (AvgIpc) is 2.92. The summed E-state index contributed by atoms with van der Waals surface area (Å²) in [5, 5.41) is 0. The molecule has 0 aromatic carbocycles. The number of ketones is 1. The van der Waals surface area contributed by atoms with Crippen LogP contribution >= 0.6 is 0 Å². The number of Topliss-reactive ketones (excluding diaryl/α,β-unsaturated/α-hetero) is 1. The van der Waals surface area contributed by atoms with E-state index in [-0.39, 0.29) is 37.0 Å². The van der Waals surface area contributed by atoms with E-state index in [1.54, 1.807) is 0 Å². The number of carbonyl (C=O) groups excluding carboxylic acids is 2. The van der Waals surface area contributed by atoms with Crippen molar-refractivity contribution in [1.82, 2.24) is 0 Å². The summed E-state index contributed by atoms with van der Waals surface area (Å²) in [6, 6.07) is 0. The Labute approximate surface area is 148 Å². The molecule has 3 saturated carbocycles. The molecule has 5 atom stereocenters. The minimum atomic E-state index is -0.904. The summed E-state index contributed by atoms with van der Waals surface area (Å²) in [6.07, 6.45) is 1.10. The lowest BCUT2D eigenvalue weighted by Gasteiger charge is -2.59. The minimum Gasteiger partial charge on any atom is -0.469 e. The Hall–Kier alpha value is -1.02. The fraction of sp³-hybridized carbons (Fsp3) is 0.889. The van der Waals surface area contributed by atoms with Gasteiger partial charge in [0.2, 0.25) is 0 Å². The lowest BCUT2D eigenvalue weighted by Crippen LogP contribution is -2.68. The summed E-state index contributed by atoms with van der Waals surface area (Å²) in [7, 11) is 2.89. The largest absolute Gasteiger partial charge is 0.469 e. The number of carbonyl (C=O) groups is 2. The lowest BCUT2D eigenvalue weighted by molar-refractivity contribution is -0.245. The maximum atomic E-state index is 13.0. The van der Waals surface area contributed by atoms with Crippen LogP contribution in [0.1, 0.15) is 40.0 Å². The smallest absolute Gasteiger partial charge is 0.312 e. The van der Waals surface area contributed by atoms with Crippen molar-refractivity contribution in [2.45, 2.75) is 57.5 Å². The number of hydrogen-bond acceptors (Lipinski definition) is 7. The van der Waals surface area contributed by atoms with Crippen molar-refractivity contribution in [1.29, 1.82) is 0 Å². The molecule has 142 valence electrons. The molecule has 7 nitrogen and oxygen atoms in total. The molecule has 4 rings (SSSR count). The monoisotopic (exact) mass is 356 g/mol. The van der Waals surface area contributed by atoms with Crippen molar-refractivity contribution < 1.29 is 33.3 Å². The molecule has 0 N–H and O–H groups in total. The molecule has 25 heavy (non-hydrogen) atoms. The van der Waals surface area contributed by atoms with Crippen LogP contribution in [0.5, 0.6) is 0 Å². The highest BCUT2D eigenvalue weighted by Gasteiger charge is 2.68. The Morgan fingerprint density at radius 3 is 2.48 bits per heavy atom. The van der Waals surface area contributed by atoms with Gasteiger partial charge in [-0.15, -0.1) is 0 Å². The van der Waals surface area contributed by atoms with E-state index in [1.807, 2.05) is 20.8 Å². The summed E-state index contributed by atoms with van der Waals surface area (Å²) in [4.78, 5) is 25.7. The van der Waals surface area contributed by atoms with Crippen LogP contribution in [-0.2, 0) is 33.3 Å². The second-order valence-electron chi connectivity index (χ2n) is 8.03. The molecule has 1 heterocycles. The van der Waals surface area contributed by atoms with Crippen LogP contribution in [-0.4, -0.2) is 56.9 Å². The van der Waals surface area contributed by atoms with Crippen LogP contribution in [0.4, 0.5) is 0 Å². The topological polar surface area (TPSA) is 80.3 Å². The molecule has 0 spiro atoms. The molecule has 1 saturated heterocycles. The Morgan fingerprint density at radius 2 is 1.96 bits per heavy atom. The maximum Gasteiger partial charge on any atom is 0.312 e. The first kappa shape index (κ1) is 18.8. The zero-order chi connectivity index (χ0) is 18.5. The summed E-state index contributed by atoms with van der Waals surface area (Å²) in [6.45, 7) is 5.97. The number of fused-ring (bicyclic) bond motifs is 3. The SMILES string of the molecule is COCO[C@@]12CC[C@@](C)(C(=O)C1)[C@@H]([C@H]1COC(C)(C)O1)[C@H]2C(=O)OC. The van der Waals surface area contributed by atoms with Gasteiger partial charge in [0.05, 0.1) is 31.3 Å². The summed E-state index contributed by atoms with van der Waals surface area (Å²) in [5.74, 6) is -1.94.